The summed E-state index contributed by atoms with van der Waals surface area (Å²) in [7, 11) is 0. The van der Waals surface area contributed by atoms with Crippen molar-refractivity contribution in [2.45, 2.75) is 0 Å². The minimum absolute atomic E-state index is 1.12. The van der Waals surface area contributed by atoms with Gasteiger partial charge in [-0.15, -0.1) is 34.0 Å². The first-order valence-corrected chi connectivity index (χ1v) is 20.6. The third-order valence-electron chi connectivity index (χ3n) is 10.5. The number of hydrogen-bond acceptors (Lipinski definition) is 4. The van der Waals surface area contributed by atoms with Gasteiger partial charge < -0.3 is 4.90 Å². The highest BCUT2D eigenvalue weighted by Crippen LogP contribution is 2.42. The van der Waals surface area contributed by atoms with Crippen LogP contribution in [0, 0.1) is 0 Å². The Morgan fingerprint density at radius 3 is 1.19 bits per heavy atom. The molecule has 1 nitrogen and oxygen atoms in total. The third-order valence-corrected chi connectivity index (χ3v) is 14.0. The summed E-state index contributed by atoms with van der Waals surface area (Å²) in [6, 6.07) is 69.2. The van der Waals surface area contributed by atoms with Gasteiger partial charge >= 0.3 is 0 Å². The Bertz CT molecular complexity index is 2950. The number of nitrogens with zero attached hydrogens (tertiary/aromatic N) is 1. The molecule has 0 aliphatic carbocycles. The van der Waals surface area contributed by atoms with Gasteiger partial charge in [0.15, 0.2) is 0 Å². The summed E-state index contributed by atoms with van der Waals surface area (Å²) >= 11 is 5.57. The number of anilines is 3. The second-order valence-corrected chi connectivity index (χ2v) is 17.0. The van der Waals surface area contributed by atoms with Crippen LogP contribution in [0.4, 0.5) is 17.1 Å². The molecule has 254 valence electrons. The van der Waals surface area contributed by atoms with Crippen LogP contribution in [0.2, 0.25) is 0 Å². The zero-order valence-electron chi connectivity index (χ0n) is 29.1. The minimum atomic E-state index is 1.12. The van der Waals surface area contributed by atoms with Gasteiger partial charge in [0, 0.05) is 67.0 Å². The van der Waals surface area contributed by atoms with Crippen LogP contribution in [0.5, 0.6) is 0 Å². The SMILES string of the molecule is c1ccc2sc(-c3ccc(N(c4ccc(-c5ccc6sc7ccccc7c6c5)cc4)c4ccc(-c5ccc6sc7ccccc7c6c5)cc4)cc3)cc2c1. The lowest BCUT2D eigenvalue weighted by molar-refractivity contribution is 1.28. The van der Waals surface area contributed by atoms with Crippen molar-refractivity contribution in [2.24, 2.45) is 0 Å². The van der Waals surface area contributed by atoms with E-state index in [1.54, 1.807) is 0 Å². The molecular formula is C50H31NS3. The topological polar surface area (TPSA) is 3.24 Å². The van der Waals surface area contributed by atoms with Gasteiger partial charge in [0.1, 0.15) is 0 Å². The smallest absolute Gasteiger partial charge is 0.0462 e. The van der Waals surface area contributed by atoms with Gasteiger partial charge in [0.2, 0.25) is 0 Å². The van der Waals surface area contributed by atoms with Crippen LogP contribution < -0.4 is 4.90 Å². The lowest BCUT2D eigenvalue weighted by Crippen LogP contribution is -2.09. The minimum Gasteiger partial charge on any atom is -0.311 e. The number of rotatable bonds is 6. The van der Waals surface area contributed by atoms with Gasteiger partial charge in [-0.1, -0.05) is 103 Å². The molecule has 0 saturated carbocycles. The van der Waals surface area contributed by atoms with Crippen LogP contribution in [0.3, 0.4) is 0 Å². The molecule has 3 heterocycles. The standard InChI is InChI=1S/C50H31NS3/c1-4-10-45-37(7-1)31-50(52-45)34-17-25-40(26-18-34)51(38-21-13-32(14-22-38)35-19-27-48-43(29-35)41-8-2-5-11-46(41)53-48)39-23-15-33(16-24-39)36-20-28-49-44(30-36)42-9-3-6-12-47(42)54-49/h1-31H. The maximum atomic E-state index is 2.37. The summed E-state index contributed by atoms with van der Waals surface area (Å²) in [6.07, 6.45) is 0. The van der Waals surface area contributed by atoms with Crippen LogP contribution in [0.25, 0.3) is 83.1 Å². The molecule has 0 amide bonds. The van der Waals surface area contributed by atoms with Gasteiger partial charge in [0.05, 0.1) is 0 Å². The lowest BCUT2D eigenvalue weighted by atomic mass is 10.0. The second-order valence-electron chi connectivity index (χ2n) is 13.7. The molecule has 0 fully saturated rings. The van der Waals surface area contributed by atoms with E-state index in [9.17, 15) is 0 Å². The zero-order valence-corrected chi connectivity index (χ0v) is 31.5. The summed E-state index contributed by atoms with van der Waals surface area (Å²) in [5.41, 5.74) is 9.48. The molecule has 8 aromatic carbocycles. The molecule has 0 bridgehead atoms. The van der Waals surface area contributed by atoms with Crippen LogP contribution in [0.15, 0.2) is 188 Å². The van der Waals surface area contributed by atoms with E-state index < -0.39 is 0 Å². The highest BCUT2D eigenvalue weighted by Gasteiger charge is 2.15. The van der Waals surface area contributed by atoms with Crippen LogP contribution in [-0.4, -0.2) is 0 Å². The Morgan fingerprint density at radius 1 is 0.278 bits per heavy atom. The third kappa shape index (κ3) is 5.42. The maximum absolute atomic E-state index is 2.37. The Kier molecular flexibility index (Phi) is 7.47. The first-order valence-electron chi connectivity index (χ1n) is 18.1. The average Bonchev–Trinajstić information content (AvgIpc) is 3.95. The molecule has 0 saturated heterocycles. The van der Waals surface area contributed by atoms with E-state index in [0.29, 0.717) is 0 Å². The van der Waals surface area contributed by atoms with Gasteiger partial charge in [-0.05, 0) is 118 Å². The van der Waals surface area contributed by atoms with E-state index in [1.807, 2.05) is 34.0 Å². The van der Waals surface area contributed by atoms with Crippen molar-refractivity contribution in [1.29, 1.82) is 0 Å². The average molecular weight is 742 g/mol. The number of benzene rings is 8. The molecular weight excluding hydrogens is 711 g/mol. The molecule has 0 radical (unpaired) electrons. The van der Waals surface area contributed by atoms with Crippen molar-refractivity contribution in [2.75, 3.05) is 4.90 Å². The van der Waals surface area contributed by atoms with Gasteiger partial charge in [0.25, 0.3) is 0 Å². The second kappa shape index (κ2) is 12.8. The van der Waals surface area contributed by atoms with Crippen molar-refractivity contribution in [3.63, 3.8) is 0 Å². The predicted molar refractivity (Wildman–Crippen MR) is 239 cm³/mol. The van der Waals surface area contributed by atoms with Crippen molar-refractivity contribution in [1.82, 2.24) is 0 Å². The van der Waals surface area contributed by atoms with Crippen molar-refractivity contribution >= 4 is 102 Å². The molecule has 0 spiro atoms. The van der Waals surface area contributed by atoms with Crippen molar-refractivity contribution in [3.8, 4) is 32.7 Å². The van der Waals surface area contributed by atoms with Gasteiger partial charge in [-0.3, -0.25) is 0 Å². The molecule has 0 unspecified atom stereocenters. The molecule has 3 aromatic heterocycles. The van der Waals surface area contributed by atoms with Crippen molar-refractivity contribution < 1.29 is 0 Å². The van der Waals surface area contributed by atoms with E-state index in [2.05, 4.69) is 193 Å². The highest BCUT2D eigenvalue weighted by molar-refractivity contribution is 7.26. The molecule has 4 heteroatoms. The van der Waals surface area contributed by atoms with Crippen LogP contribution in [-0.2, 0) is 0 Å². The largest absolute Gasteiger partial charge is 0.311 e. The van der Waals surface area contributed by atoms with Crippen LogP contribution in [0.1, 0.15) is 0 Å². The summed E-state index contributed by atoms with van der Waals surface area (Å²) in [5.74, 6) is 0. The molecule has 0 aliphatic rings. The van der Waals surface area contributed by atoms with E-state index >= 15 is 0 Å². The summed E-state index contributed by atoms with van der Waals surface area (Å²) in [6.45, 7) is 0. The summed E-state index contributed by atoms with van der Waals surface area (Å²) in [5, 5.41) is 6.59. The van der Waals surface area contributed by atoms with Gasteiger partial charge in [-0.2, -0.15) is 0 Å². The fourth-order valence-electron chi connectivity index (χ4n) is 7.76. The quantitative estimate of drug-likeness (QED) is 0.164. The zero-order chi connectivity index (χ0) is 35.6. The number of fused-ring (bicyclic) bond motifs is 7. The molecule has 11 aromatic rings. The molecule has 11 rings (SSSR count). The van der Waals surface area contributed by atoms with E-state index in [1.165, 1.54) is 83.1 Å². The normalized spacial score (nSPS) is 11.7. The van der Waals surface area contributed by atoms with E-state index in [-0.39, 0.29) is 0 Å². The number of thiophene rings is 3. The Morgan fingerprint density at radius 2 is 0.685 bits per heavy atom. The summed E-state index contributed by atoms with van der Waals surface area (Å²) in [4.78, 5) is 3.65. The van der Waals surface area contributed by atoms with E-state index in [4.69, 9.17) is 0 Å². The van der Waals surface area contributed by atoms with E-state index in [0.717, 1.165) is 17.1 Å². The maximum Gasteiger partial charge on any atom is 0.0462 e. The predicted octanol–water partition coefficient (Wildman–Crippen LogP) is 16.1. The van der Waals surface area contributed by atoms with Crippen molar-refractivity contribution in [3.05, 3.63) is 188 Å². The molecule has 0 aliphatic heterocycles. The Labute approximate surface area is 325 Å². The molecule has 0 N–H and O–H groups in total. The van der Waals surface area contributed by atoms with Gasteiger partial charge in [-0.25, -0.2) is 0 Å². The monoisotopic (exact) mass is 741 g/mol. The van der Waals surface area contributed by atoms with Crippen LogP contribution >= 0.6 is 34.0 Å². The molecule has 54 heavy (non-hydrogen) atoms. The first kappa shape index (κ1) is 31.5. The highest BCUT2D eigenvalue weighted by atomic mass is 32.1. The molecule has 0 atom stereocenters. The number of hydrogen-bond donors (Lipinski definition) is 0. The first-order chi connectivity index (χ1) is 26.7. The lowest BCUT2D eigenvalue weighted by Gasteiger charge is -2.26. The summed E-state index contributed by atoms with van der Waals surface area (Å²) < 4.78 is 6.64. The Balaban J connectivity index is 0.970. The fraction of sp³-hybridized carbons (Fsp3) is 0. The fourth-order valence-corrected chi connectivity index (χ4v) is 11.0. The Hall–Kier alpha value is -6.04.